The minimum atomic E-state index is -2.38. The number of phenols is 2. The number of aromatic hydroxyl groups is 2. The third-order valence-corrected chi connectivity index (χ3v) is 24.9. The summed E-state index contributed by atoms with van der Waals surface area (Å²) in [7, 11) is 1.30. The Kier molecular flexibility index (Phi) is 41.5. The van der Waals surface area contributed by atoms with Crippen LogP contribution in [0.4, 0.5) is 0 Å². The number of aromatic nitrogens is 3. The number of nitrogens with one attached hydrogen (secondary N) is 4. The van der Waals surface area contributed by atoms with E-state index in [1.165, 1.54) is 108 Å². The summed E-state index contributed by atoms with van der Waals surface area (Å²) in [6.07, 6.45) is 7.17. The number of esters is 3. The smallest absolute Gasteiger partial charge is 0.329 e. The predicted octanol–water partition coefficient (Wildman–Crippen LogP) is 6.47. The molecule has 4 unspecified atom stereocenters. The largest absolute Gasteiger partial charge is 0.507 e. The van der Waals surface area contributed by atoms with Gasteiger partial charge in [0.25, 0.3) is 17.7 Å². The van der Waals surface area contributed by atoms with Crippen LogP contribution in [0.15, 0.2) is 183 Å². The number of aliphatic hydroxyl groups excluding tert-OH is 2. The van der Waals surface area contributed by atoms with Crippen molar-refractivity contribution in [2.45, 2.75) is 223 Å². The zero-order valence-electron chi connectivity index (χ0n) is 80.6. The number of likely N-dealkylation sites (tertiary alicyclic amines) is 4. The van der Waals surface area contributed by atoms with Gasteiger partial charge in [-0.05, 0) is 145 Å². The summed E-state index contributed by atoms with van der Waals surface area (Å²) >= 11 is 0. The van der Waals surface area contributed by atoms with E-state index < -0.39 is 180 Å². The molecule has 12 N–H and O–H groups in total. The molecule has 143 heavy (non-hydrogen) atoms. The third kappa shape index (κ3) is 28.5. The number of benzene rings is 5. The number of hydrogen-bond donors (Lipinski definition) is 11. The fourth-order valence-electron chi connectivity index (χ4n) is 17.3. The van der Waals surface area contributed by atoms with Crippen molar-refractivity contribution in [2.75, 3.05) is 39.9 Å². The number of amides is 8. The van der Waals surface area contributed by atoms with Crippen molar-refractivity contribution < 1.29 is 151 Å². The molecule has 15 rings (SSSR count). The first kappa shape index (κ1) is 113. The van der Waals surface area contributed by atoms with E-state index in [0.717, 1.165) is 36.0 Å². The van der Waals surface area contributed by atoms with Crippen molar-refractivity contribution in [2.24, 2.45) is 11.7 Å². The first-order valence-electron chi connectivity index (χ1n) is 46.4. The Morgan fingerprint density at radius 2 is 0.888 bits per heavy atom. The number of Topliss-reactive ketones (excluding diaryl/α,β-unsaturated/α-hetero) is 1. The van der Waals surface area contributed by atoms with Crippen molar-refractivity contribution in [1.82, 2.24) is 55.8 Å². The summed E-state index contributed by atoms with van der Waals surface area (Å²) in [6, 6.07) is 35.1. The van der Waals surface area contributed by atoms with Crippen LogP contribution < -0.4 is 31.7 Å². The van der Waals surface area contributed by atoms with Crippen molar-refractivity contribution in [3.8, 4) is 17.2 Å². The number of carboxylic acids is 1. The molecule has 5 aromatic carbocycles. The minimum absolute atomic E-state index is 0. The number of methoxy groups -OCH3 is 1. The number of ketones is 3. The van der Waals surface area contributed by atoms with Crippen LogP contribution >= 0.6 is 0 Å². The molecule has 0 radical (unpaired) electrons. The number of hydrogen-bond acceptors (Lipinski definition) is 30. The number of pyridine rings is 3. The average Bonchev–Trinajstić information content (AvgIpc) is 1.22. The fraction of sp³-hybridized carbons (Fsp3) is 0.408. The van der Waals surface area contributed by atoms with Crippen molar-refractivity contribution >= 4 is 88.5 Å². The first-order valence-corrected chi connectivity index (χ1v) is 46.4. The van der Waals surface area contributed by atoms with Crippen LogP contribution in [-0.4, -0.2) is 272 Å². The van der Waals surface area contributed by atoms with Gasteiger partial charge in [-0.25, -0.2) is 14.4 Å². The molecule has 5 saturated heterocycles. The number of aliphatic carboxylic acids is 1. The van der Waals surface area contributed by atoms with Gasteiger partial charge in [0.1, 0.15) is 97.7 Å². The second kappa shape index (κ2) is 52.7. The summed E-state index contributed by atoms with van der Waals surface area (Å²) in [5.74, 6) is -9.40. The Morgan fingerprint density at radius 3 is 1.26 bits per heavy atom. The van der Waals surface area contributed by atoms with E-state index >= 15 is 0 Å². The molecule has 3 aromatic heterocycles. The van der Waals surface area contributed by atoms with Gasteiger partial charge in [0.05, 0.1) is 54.0 Å². The number of nitrogens with zero attached hydrogens (tertiary/aromatic N) is 7. The maximum Gasteiger partial charge on any atom is 0.329 e. The molecule has 5 aliphatic heterocycles. The number of rotatable bonds is 27. The van der Waals surface area contributed by atoms with Gasteiger partial charge in [0.2, 0.25) is 35.3 Å². The molecule has 2 aliphatic carbocycles. The Labute approximate surface area is 840 Å². The summed E-state index contributed by atoms with van der Waals surface area (Å²) in [5, 5.41) is 74.8. The molecular formula is C103H121N12O27Pd-. The summed E-state index contributed by atoms with van der Waals surface area (Å²) < 4.78 is 33.6. The van der Waals surface area contributed by atoms with Gasteiger partial charge < -0.3 is 113 Å². The molecular weight excluding hydrogens is 1940 g/mol. The second-order valence-electron chi connectivity index (χ2n) is 35.2. The summed E-state index contributed by atoms with van der Waals surface area (Å²) in [4.78, 5) is 207. The Balaban J connectivity index is 0.000000227. The Hall–Kier alpha value is -14.0. The quantitative estimate of drug-likeness (QED) is 0.00863. The zero-order valence-corrected chi connectivity index (χ0v) is 82.2. The topological polar surface area (TPSA) is 559 Å². The van der Waals surface area contributed by atoms with Crippen LogP contribution in [0.5, 0.6) is 17.2 Å². The van der Waals surface area contributed by atoms with E-state index in [-0.39, 0.29) is 130 Å². The molecule has 766 valence electrons. The van der Waals surface area contributed by atoms with E-state index in [4.69, 9.17) is 39.3 Å². The molecule has 8 heterocycles. The van der Waals surface area contributed by atoms with Crippen molar-refractivity contribution in [1.29, 1.82) is 0 Å². The van der Waals surface area contributed by atoms with Gasteiger partial charge in [-0.1, -0.05) is 117 Å². The number of aliphatic hydroxyl groups is 3. The van der Waals surface area contributed by atoms with Crippen LogP contribution in [0.1, 0.15) is 210 Å². The molecule has 0 bridgehead atoms. The molecule has 5 fully saturated rings. The van der Waals surface area contributed by atoms with Gasteiger partial charge >= 0.3 is 23.9 Å². The van der Waals surface area contributed by atoms with E-state index in [1.54, 1.807) is 58.9 Å². The number of carbonyl (C=O) groups excluding carboxylic acids is 14. The van der Waals surface area contributed by atoms with Crippen LogP contribution in [0.3, 0.4) is 0 Å². The standard InChI is InChI=1S/C41H44N4O14.2C21H23N3O4.C15H20N2O3.C4H8O2.CH3.Pd/c1-18(43-38(53)20-9-11-42-12-10-20)40(55)45-13-5-7-24(45)39(54)44-23-14-28(58-19(2)33(23)48)59-26-16-41(56,27(47)17-46)15-22-30(26)37(52)32-31(35(22)50)34(49)21-6-4-8-25(57-3)29(21)36(32)51;2*1-15(23-19(25)17-9-11-22-12-10-17)20(26)24-13-5-8-18(24)21(27)28-14-16-6-3-2-4-7-16;1-11(16)14(18)17-9-5-8-13(17)15(19)20-10-12-6-3-2-4-7-12;1-3(2)4(5)6;;/h4,6,8-12,18-19,23-24,26,28,33,46,48,50,52,56H,5,7,13-17H2,1-3H3,(H,43,53)(H,44,54);2*2-4,6-7,9-12,15,18H,5,8,13-14H2,1H3,(H,23,25);2-4,6-7,11,13H,5,8-10,16H2,1H3;3H,1-2H3,(H,5,6);1H3;/q;;;;;-1;/t18-,19?,23?,24+,26+,28?,33?,41+;2*15-,18+;11-,13+;;;/m1111.../s1. The predicted molar refractivity (Wildman–Crippen MR) is 509 cm³/mol. The van der Waals surface area contributed by atoms with E-state index in [1.807, 2.05) is 91.0 Å². The van der Waals surface area contributed by atoms with Crippen LogP contribution in [-0.2, 0) is 118 Å². The molecule has 8 amide bonds. The average molecular weight is 2070 g/mol. The van der Waals surface area contributed by atoms with Crippen LogP contribution in [0.2, 0.25) is 0 Å². The number of ether oxygens (including phenoxy) is 6. The normalized spacial score (nSPS) is 20.8. The number of carboxylic acid groups (broad SMARTS) is 1. The van der Waals surface area contributed by atoms with Crippen LogP contribution in [0, 0.1) is 13.3 Å². The summed E-state index contributed by atoms with van der Waals surface area (Å²) in [6.45, 7) is 12.4. The maximum atomic E-state index is 14.0. The van der Waals surface area contributed by atoms with E-state index in [0.29, 0.717) is 68.4 Å². The molecule has 0 spiro atoms. The number of nitrogens with two attached hydrogens (primary N) is 1. The van der Waals surface area contributed by atoms with Gasteiger partial charge in [-0.15, -0.1) is 0 Å². The number of carbonyl (C=O) groups is 15. The monoisotopic (exact) mass is 2060 g/mol. The van der Waals surface area contributed by atoms with Crippen molar-refractivity contribution in [3.05, 3.63) is 257 Å². The molecule has 0 saturated carbocycles. The zero-order chi connectivity index (χ0) is 102. The van der Waals surface area contributed by atoms with Crippen molar-refractivity contribution in [3.63, 3.8) is 0 Å². The van der Waals surface area contributed by atoms with E-state index in [2.05, 4.69) is 36.2 Å². The Morgan fingerprint density at radius 1 is 0.517 bits per heavy atom. The van der Waals surface area contributed by atoms with Crippen LogP contribution in [0.25, 0.3) is 0 Å². The summed E-state index contributed by atoms with van der Waals surface area (Å²) in [5.41, 5.74) is 5.25. The van der Waals surface area contributed by atoms with Gasteiger partial charge in [0, 0.05) is 136 Å². The minimum Gasteiger partial charge on any atom is -0.507 e. The van der Waals surface area contributed by atoms with Gasteiger partial charge in [0.15, 0.2) is 17.9 Å². The Bertz CT molecular complexity index is 5660. The molecule has 8 aromatic rings. The second-order valence-corrected chi connectivity index (χ2v) is 35.2. The van der Waals surface area contributed by atoms with E-state index in [9.17, 15) is 97.5 Å². The molecule has 39 nitrogen and oxygen atoms in total. The fourth-order valence-corrected chi connectivity index (χ4v) is 17.3. The van der Waals surface area contributed by atoms with Gasteiger partial charge in [-0.2, -0.15) is 0 Å². The van der Waals surface area contributed by atoms with Gasteiger partial charge in [-0.3, -0.25) is 72.5 Å². The number of phenolic OH excluding ortho intramolecular Hbond substituents is 2. The molecule has 14 atom stereocenters. The first-order chi connectivity index (χ1) is 67.4. The SMILES string of the molecule is CC(C)C(=O)O.COc1cccc2c1C(=O)c1c(O)c3c(c(O)c1C2=O)C[C@@](O)(C(=O)CO)C[C@@H]3OC1CC(NC(=O)[C@@H]2CCCN2C(=O)[C@@H](C)NC(=O)c2ccncc2)C(O)C(C)O1.C[C@@H](N)C(=O)N1CCC[C@H]1C(=O)OCc1ccccc1.C[C@@H](NC(=O)c1ccncc1)C(=O)N1CCC[C@H]1C(=O)OCc1ccccc1.C[C@@H](NC(=O)c1ccncc1)C(=O)N1CCC[C@H]1C(=O)OCc1ccccc1.[CH3-].[Pd]. The number of fused-ring (bicyclic) bond motifs is 3. The third-order valence-electron chi connectivity index (χ3n) is 24.9. The molecule has 40 heteroatoms. The molecule has 7 aliphatic rings. The maximum absolute atomic E-state index is 14.0.